The van der Waals surface area contributed by atoms with Gasteiger partial charge in [-0.1, -0.05) is 266 Å². The molecule has 3 heterocycles. The standard InChI is InChI=1S/C75H94N2S2/c1-7-11-15-17-19-21-23-25-27-29-51-75(52-30-28-26-24-22-20-18-16-12-8-2)66-53-55(5)33-44-62(66)63-45-43-61(54-67(63)75)68-49-50-70(79-68)65-47-46-64(69-48-34-56(6)78-69)73-74(65)77-72(60-41-37-58(38-42-60)32-14-10-4)71(76-73)59-39-35-57(36-40-59)31-13-9-3/h33-50,53-54H,7-32,51-52H2,1-6H3. The molecule has 0 aliphatic heterocycles. The van der Waals surface area contributed by atoms with Crippen molar-refractivity contribution in [2.75, 3.05) is 0 Å². The largest absolute Gasteiger partial charge is 0.243 e. The van der Waals surface area contributed by atoms with Gasteiger partial charge in [0.1, 0.15) is 0 Å². The first-order valence-electron chi connectivity index (χ1n) is 31.8. The molecule has 0 amide bonds. The number of hydrogen-bond acceptors (Lipinski definition) is 4. The van der Waals surface area contributed by atoms with Crippen LogP contribution in [0, 0.1) is 13.8 Å². The van der Waals surface area contributed by atoms with E-state index < -0.39 is 0 Å². The Labute approximate surface area is 486 Å². The maximum absolute atomic E-state index is 5.82. The summed E-state index contributed by atoms with van der Waals surface area (Å²) in [7, 11) is 0. The second-order valence-corrected chi connectivity index (χ2v) is 26.1. The maximum Gasteiger partial charge on any atom is 0.0988 e. The summed E-state index contributed by atoms with van der Waals surface area (Å²) in [6.45, 7) is 13.7. The lowest BCUT2D eigenvalue weighted by Crippen LogP contribution is -2.25. The van der Waals surface area contributed by atoms with Crippen LogP contribution in [0.25, 0.3) is 76.0 Å². The van der Waals surface area contributed by atoms with E-state index in [-0.39, 0.29) is 5.41 Å². The molecule has 0 N–H and O–H groups in total. The number of benzene rings is 5. The Morgan fingerprint density at radius 2 is 0.734 bits per heavy atom. The van der Waals surface area contributed by atoms with Crippen LogP contribution in [-0.4, -0.2) is 9.97 Å². The molecule has 8 aromatic rings. The normalized spacial score (nSPS) is 12.7. The summed E-state index contributed by atoms with van der Waals surface area (Å²) in [5.41, 5.74) is 20.0. The van der Waals surface area contributed by atoms with Gasteiger partial charge in [-0.2, -0.15) is 0 Å². The van der Waals surface area contributed by atoms with Crippen molar-refractivity contribution in [1.82, 2.24) is 9.97 Å². The second kappa shape index (κ2) is 29.5. The van der Waals surface area contributed by atoms with Gasteiger partial charge in [-0.15, -0.1) is 22.7 Å². The summed E-state index contributed by atoms with van der Waals surface area (Å²) in [4.78, 5) is 16.7. The molecule has 0 unspecified atom stereocenters. The Morgan fingerprint density at radius 1 is 0.342 bits per heavy atom. The second-order valence-electron chi connectivity index (χ2n) is 23.7. The zero-order valence-corrected chi connectivity index (χ0v) is 51.2. The zero-order valence-electron chi connectivity index (χ0n) is 49.6. The minimum Gasteiger partial charge on any atom is -0.243 e. The molecule has 0 spiro atoms. The van der Waals surface area contributed by atoms with Crippen LogP contribution in [0.5, 0.6) is 0 Å². The van der Waals surface area contributed by atoms with Crippen molar-refractivity contribution in [1.29, 1.82) is 0 Å². The number of unbranched alkanes of at least 4 members (excludes halogenated alkanes) is 20. The lowest BCUT2D eigenvalue weighted by atomic mass is 9.70. The van der Waals surface area contributed by atoms with Crippen molar-refractivity contribution in [3.63, 3.8) is 0 Å². The fraction of sp³-hybridized carbons (Fsp3) is 0.467. The number of aryl methyl sites for hydroxylation is 4. The highest BCUT2D eigenvalue weighted by Gasteiger charge is 2.42. The third kappa shape index (κ3) is 14.7. The fourth-order valence-corrected chi connectivity index (χ4v) is 14.7. The minimum absolute atomic E-state index is 0.0347. The van der Waals surface area contributed by atoms with E-state index in [1.165, 1.54) is 220 Å². The smallest absolute Gasteiger partial charge is 0.0988 e. The fourth-order valence-electron chi connectivity index (χ4n) is 12.8. The van der Waals surface area contributed by atoms with E-state index in [4.69, 9.17) is 9.97 Å². The van der Waals surface area contributed by atoms with E-state index in [0.717, 1.165) is 57.5 Å². The predicted molar refractivity (Wildman–Crippen MR) is 348 cm³/mol. The van der Waals surface area contributed by atoms with Crippen molar-refractivity contribution in [2.24, 2.45) is 0 Å². The molecule has 0 bridgehead atoms. The predicted octanol–water partition coefficient (Wildman–Crippen LogP) is 24.3. The number of fused-ring (bicyclic) bond motifs is 4. The molecule has 9 rings (SSSR count). The molecule has 0 saturated heterocycles. The monoisotopic (exact) mass is 1090 g/mol. The Kier molecular flexibility index (Phi) is 21.9. The van der Waals surface area contributed by atoms with Crippen molar-refractivity contribution in [3.8, 4) is 65.0 Å². The van der Waals surface area contributed by atoms with Gasteiger partial charge in [-0.3, -0.25) is 0 Å². The molecule has 1 aliphatic carbocycles. The highest BCUT2D eigenvalue weighted by molar-refractivity contribution is 7.19. The van der Waals surface area contributed by atoms with Gasteiger partial charge in [-0.05, 0) is 122 Å². The highest BCUT2D eigenvalue weighted by atomic mass is 32.1. The molecule has 2 nitrogen and oxygen atoms in total. The van der Waals surface area contributed by atoms with Crippen molar-refractivity contribution in [2.45, 2.75) is 227 Å². The molecule has 0 saturated carbocycles. The molecule has 5 aromatic carbocycles. The van der Waals surface area contributed by atoms with E-state index in [0.29, 0.717) is 0 Å². The Balaban J connectivity index is 1.08. The Hall–Kier alpha value is -5.16. The SMILES string of the molecule is CCCCCCCCCCCCC1(CCCCCCCCCCCC)c2cc(C)ccc2-c2ccc(-c3ccc(-c4ccc(-c5ccc(C)s5)c5nc(-c6ccc(CCCC)cc6)c(-c6ccc(CCCC)cc6)nc45)s3)cc21. The third-order valence-corrected chi connectivity index (χ3v) is 19.7. The van der Waals surface area contributed by atoms with Gasteiger partial charge in [0, 0.05) is 47.2 Å². The molecule has 4 heteroatoms. The molecular weight excluding hydrogens is 993 g/mol. The zero-order chi connectivity index (χ0) is 54.8. The van der Waals surface area contributed by atoms with Crippen LogP contribution in [0.2, 0.25) is 0 Å². The molecule has 0 atom stereocenters. The number of rotatable bonds is 33. The van der Waals surface area contributed by atoms with Crippen molar-refractivity contribution < 1.29 is 0 Å². The number of nitrogens with zero attached hydrogens (tertiary/aromatic N) is 2. The van der Waals surface area contributed by atoms with Gasteiger partial charge < -0.3 is 0 Å². The van der Waals surface area contributed by atoms with Crippen LogP contribution in [-0.2, 0) is 18.3 Å². The lowest BCUT2D eigenvalue weighted by Gasteiger charge is -2.33. The summed E-state index contributed by atoms with van der Waals surface area (Å²) >= 11 is 3.76. The Morgan fingerprint density at radius 3 is 1.20 bits per heavy atom. The molecule has 1 aliphatic rings. The number of hydrogen-bond donors (Lipinski definition) is 0. The van der Waals surface area contributed by atoms with Gasteiger partial charge in [-0.25, -0.2) is 9.97 Å². The average Bonchev–Trinajstić information content (AvgIpc) is 4.40. The minimum atomic E-state index is 0.0347. The van der Waals surface area contributed by atoms with Gasteiger partial charge >= 0.3 is 0 Å². The van der Waals surface area contributed by atoms with Crippen molar-refractivity contribution >= 4 is 33.7 Å². The van der Waals surface area contributed by atoms with E-state index >= 15 is 0 Å². The van der Waals surface area contributed by atoms with Crippen LogP contribution < -0.4 is 0 Å². The van der Waals surface area contributed by atoms with Crippen LogP contribution in [0.15, 0.2) is 121 Å². The van der Waals surface area contributed by atoms with Crippen LogP contribution in [0.3, 0.4) is 0 Å². The van der Waals surface area contributed by atoms with Crippen LogP contribution in [0.1, 0.15) is 227 Å². The molecular formula is C75H94N2S2. The number of aromatic nitrogens is 2. The quantitative estimate of drug-likeness (QED) is 0.0383. The number of thiophene rings is 2. The van der Waals surface area contributed by atoms with Gasteiger partial charge in [0.15, 0.2) is 0 Å². The van der Waals surface area contributed by atoms with Gasteiger partial charge in [0.25, 0.3) is 0 Å². The summed E-state index contributed by atoms with van der Waals surface area (Å²) in [5.74, 6) is 0. The first-order chi connectivity index (χ1) is 38.8. The molecule has 416 valence electrons. The van der Waals surface area contributed by atoms with E-state index in [2.05, 4.69) is 163 Å². The van der Waals surface area contributed by atoms with Gasteiger partial charge in [0.05, 0.1) is 22.4 Å². The highest BCUT2D eigenvalue weighted by Crippen LogP contribution is 2.56. The molecule has 0 radical (unpaired) electrons. The summed E-state index contributed by atoms with van der Waals surface area (Å²) < 4.78 is 0. The molecule has 79 heavy (non-hydrogen) atoms. The van der Waals surface area contributed by atoms with E-state index in [1.54, 1.807) is 11.1 Å². The lowest BCUT2D eigenvalue weighted by molar-refractivity contribution is 0.397. The summed E-state index contributed by atoms with van der Waals surface area (Å²) in [6, 6.07) is 47.3. The first kappa shape index (κ1) is 58.5. The van der Waals surface area contributed by atoms with E-state index in [1.807, 2.05) is 22.7 Å². The molecule has 0 fully saturated rings. The average molecular weight is 1090 g/mol. The Bertz CT molecular complexity index is 3120. The topological polar surface area (TPSA) is 25.8 Å². The van der Waals surface area contributed by atoms with E-state index in [9.17, 15) is 0 Å². The van der Waals surface area contributed by atoms with Crippen molar-refractivity contribution in [3.05, 3.63) is 154 Å². The molecule has 3 aromatic heterocycles. The first-order valence-corrected chi connectivity index (χ1v) is 33.4. The summed E-state index contributed by atoms with van der Waals surface area (Å²) in [5, 5.41) is 0. The van der Waals surface area contributed by atoms with Crippen LogP contribution in [0.4, 0.5) is 0 Å². The maximum atomic E-state index is 5.82. The summed E-state index contributed by atoms with van der Waals surface area (Å²) in [6.07, 6.45) is 36.8. The van der Waals surface area contributed by atoms with Crippen LogP contribution >= 0.6 is 22.7 Å². The van der Waals surface area contributed by atoms with Gasteiger partial charge in [0.2, 0.25) is 0 Å². The third-order valence-electron chi connectivity index (χ3n) is 17.5.